The second kappa shape index (κ2) is 9.06. The Hall–Kier alpha value is -2.59. The van der Waals surface area contributed by atoms with Gasteiger partial charge in [0.15, 0.2) is 5.13 Å². The summed E-state index contributed by atoms with van der Waals surface area (Å²) < 4.78 is 171. The van der Waals surface area contributed by atoms with Crippen molar-refractivity contribution < 1.29 is 61.9 Å². The highest BCUT2D eigenvalue weighted by atomic mass is 32.1. The summed E-state index contributed by atoms with van der Waals surface area (Å²) in [5.41, 5.74) is 1.18. The topological polar surface area (TPSA) is 42.0 Å². The van der Waals surface area contributed by atoms with E-state index in [1.807, 2.05) is 13.8 Å². The van der Waals surface area contributed by atoms with Gasteiger partial charge in [-0.05, 0) is 11.5 Å². The van der Waals surface area contributed by atoms with Crippen LogP contribution in [0, 0.1) is 0 Å². The van der Waals surface area contributed by atoms with Crippen LogP contribution in [0.25, 0.3) is 11.3 Å². The number of rotatable bonds is 8. The average Bonchev–Trinajstić information content (AvgIpc) is 3.20. The molecule has 0 saturated heterocycles. The second-order valence-corrected chi connectivity index (χ2v) is 8.50. The van der Waals surface area contributed by atoms with E-state index in [1.165, 1.54) is 12.1 Å². The summed E-state index contributed by atoms with van der Waals surface area (Å²) in [5, 5.41) is 1.13. The zero-order chi connectivity index (χ0) is 28.1. The molecule has 2 rings (SSSR count). The van der Waals surface area contributed by atoms with Crippen molar-refractivity contribution in [3.8, 4) is 11.3 Å². The lowest BCUT2D eigenvalue weighted by Gasteiger charge is -2.39. The van der Waals surface area contributed by atoms with Gasteiger partial charge in [0.1, 0.15) is 0 Å². The van der Waals surface area contributed by atoms with Crippen molar-refractivity contribution in [2.75, 3.05) is 5.32 Å². The van der Waals surface area contributed by atoms with Gasteiger partial charge in [0.2, 0.25) is 0 Å². The maximum absolute atomic E-state index is 13.9. The number of aromatic nitrogens is 1. The van der Waals surface area contributed by atoms with Crippen LogP contribution in [0.1, 0.15) is 25.3 Å². The van der Waals surface area contributed by atoms with Crippen LogP contribution in [-0.4, -0.2) is 46.7 Å². The molecule has 202 valence electrons. The maximum Gasteiger partial charge on any atom is 0.460 e. The molecule has 1 aromatic heterocycles. The Morgan fingerprint density at radius 1 is 0.778 bits per heavy atom. The maximum atomic E-state index is 13.9. The van der Waals surface area contributed by atoms with E-state index in [9.17, 15) is 61.9 Å². The number of anilines is 1. The molecule has 1 N–H and O–H groups in total. The van der Waals surface area contributed by atoms with Gasteiger partial charge in [-0.15, -0.1) is 11.3 Å². The van der Waals surface area contributed by atoms with Crippen molar-refractivity contribution >= 4 is 22.4 Å². The molecule has 0 unspecified atom stereocenters. The van der Waals surface area contributed by atoms with Crippen molar-refractivity contribution in [1.29, 1.82) is 0 Å². The minimum Gasteiger partial charge on any atom is -0.296 e. The van der Waals surface area contributed by atoms with Crippen molar-refractivity contribution in [2.45, 2.75) is 55.6 Å². The van der Waals surface area contributed by atoms with Gasteiger partial charge in [-0.3, -0.25) is 10.1 Å². The molecule has 0 bridgehead atoms. The highest BCUT2D eigenvalue weighted by molar-refractivity contribution is 7.14. The van der Waals surface area contributed by atoms with Gasteiger partial charge in [0.05, 0.1) is 5.69 Å². The molecule has 1 amide bonds. The van der Waals surface area contributed by atoms with E-state index < -0.39 is 46.8 Å². The highest BCUT2D eigenvalue weighted by Gasteiger charge is 2.91. The van der Waals surface area contributed by atoms with Crippen LogP contribution in [0.4, 0.5) is 62.2 Å². The van der Waals surface area contributed by atoms with E-state index in [0.717, 1.165) is 16.3 Å². The summed E-state index contributed by atoms with van der Waals surface area (Å²) in [6.07, 6.45) is -7.53. The van der Waals surface area contributed by atoms with Crippen LogP contribution in [-0.2, 0) is 4.79 Å². The molecule has 0 spiro atoms. The third kappa shape index (κ3) is 4.61. The molecule has 0 aliphatic heterocycles. The van der Waals surface area contributed by atoms with Crippen LogP contribution in [0.2, 0.25) is 0 Å². The van der Waals surface area contributed by atoms with Gasteiger partial charge in [-0.2, -0.15) is 57.1 Å². The first kappa shape index (κ1) is 29.6. The third-order valence-electron chi connectivity index (χ3n) is 4.82. The van der Waals surface area contributed by atoms with Crippen molar-refractivity contribution in [3.63, 3.8) is 0 Å². The molecule has 0 fully saturated rings. The normalized spacial score (nSPS) is 14.3. The van der Waals surface area contributed by atoms with Crippen molar-refractivity contribution in [2.24, 2.45) is 0 Å². The fourth-order valence-electron chi connectivity index (χ4n) is 2.59. The smallest absolute Gasteiger partial charge is 0.296 e. The molecular formula is C19H13F13N2OS. The number of carbonyl (C=O) groups is 1. The van der Waals surface area contributed by atoms with E-state index in [4.69, 9.17) is 0 Å². The lowest BCUT2D eigenvalue weighted by molar-refractivity contribution is -0.435. The Morgan fingerprint density at radius 2 is 1.25 bits per heavy atom. The van der Waals surface area contributed by atoms with Gasteiger partial charge < -0.3 is 0 Å². The predicted molar refractivity (Wildman–Crippen MR) is 101 cm³/mol. The summed E-state index contributed by atoms with van der Waals surface area (Å²) in [7, 11) is 0. The van der Waals surface area contributed by atoms with E-state index in [0.29, 0.717) is 16.9 Å². The number of amides is 1. The minimum absolute atomic E-state index is 0.0256. The molecule has 0 radical (unpaired) electrons. The van der Waals surface area contributed by atoms with Crippen molar-refractivity contribution in [3.05, 3.63) is 35.2 Å². The first-order chi connectivity index (χ1) is 16.0. The zero-order valence-electron chi connectivity index (χ0n) is 17.6. The molecule has 0 atom stereocenters. The molecule has 3 nitrogen and oxygen atoms in total. The van der Waals surface area contributed by atoms with Crippen LogP contribution in [0.5, 0.6) is 0 Å². The van der Waals surface area contributed by atoms with E-state index in [2.05, 4.69) is 4.98 Å². The Balaban J connectivity index is 2.34. The molecule has 36 heavy (non-hydrogen) atoms. The number of nitrogens with one attached hydrogen (secondary N) is 1. The quantitative estimate of drug-likeness (QED) is 0.336. The van der Waals surface area contributed by atoms with E-state index >= 15 is 0 Å². The van der Waals surface area contributed by atoms with E-state index in [1.54, 1.807) is 12.1 Å². The second-order valence-electron chi connectivity index (χ2n) is 7.64. The summed E-state index contributed by atoms with van der Waals surface area (Å²) in [4.78, 5) is 15.2. The van der Waals surface area contributed by atoms with Crippen LogP contribution < -0.4 is 5.32 Å². The largest absolute Gasteiger partial charge is 0.460 e. The Bertz CT molecular complexity index is 1090. The number of carbonyl (C=O) groups excluding carboxylic acids is 1. The fourth-order valence-corrected chi connectivity index (χ4v) is 3.30. The molecular weight excluding hydrogens is 551 g/mol. The highest BCUT2D eigenvalue weighted by Crippen LogP contribution is 2.60. The molecule has 0 saturated carbocycles. The molecule has 2 aromatic rings. The summed E-state index contributed by atoms with van der Waals surface area (Å²) >= 11 is 0.305. The molecule has 1 aromatic carbocycles. The number of thiazole rings is 1. The SMILES string of the molecule is CC(C)c1ccc(-c2csc(NC(=O)C(F)(F)C(F)(F)C(F)(F)C(F)(F)C(F)(F)C(F)(F)F)n2)cc1. The number of alkyl halides is 13. The Kier molecular flexibility index (Phi) is 7.46. The van der Waals surface area contributed by atoms with Gasteiger partial charge >= 0.3 is 41.7 Å². The number of nitrogens with zero attached hydrogens (tertiary/aromatic N) is 1. The summed E-state index contributed by atoms with van der Waals surface area (Å²) in [6, 6.07) is 6.29. The lowest BCUT2D eigenvalue weighted by Crippen LogP contribution is -2.71. The third-order valence-corrected chi connectivity index (χ3v) is 5.57. The van der Waals surface area contributed by atoms with Gasteiger partial charge in [0, 0.05) is 10.9 Å². The standard InChI is InChI=1S/C19H13F13N2OS/c1-8(2)9-3-5-10(6-4-9)11-7-36-13(33-11)34-12(35)14(20,21)15(22,23)16(24,25)17(26,27)18(28,29)19(30,31)32/h3-8H,1-2H3,(H,33,34,35). The number of hydrogen-bond donors (Lipinski definition) is 1. The van der Waals surface area contributed by atoms with Gasteiger partial charge in [-0.1, -0.05) is 38.1 Å². The molecule has 17 heteroatoms. The minimum atomic E-state index is -8.08. The van der Waals surface area contributed by atoms with Gasteiger partial charge in [0.25, 0.3) is 0 Å². The number of hydrogen-bond acceptors (Lipinski definition) is 3. The van der Waals surface area contributed by atoms with Crippen LogP contribution >= 0.6 is 11.3 Å². The van der Waals surface area contributed by atoms with Gasteiger partial charge in [-0.25, -0.2) is 4.98 Å². The average molecular weight is 564 g/mol. The first-order valence-electron chi connectivity index (χ1n) is 9.35. The molecule has 1 heterocycles. The lowest BCUT2D eigenvalue weighted by atomic mass is 9.93. The van der Waals surface area contributed by atoms with E-state index in [-0.39, 0.29) is 11.6 Å². The number of halogens is 13. The Morgan fingerprint density at radius 3 is 1.69 bits per heavy atom. The van der Waals surface area contributed by atoms with Crippen LogP contribution in [0.3, 0.4) is 0 Å². The summed E-state index contributed by atoms with van der Waals surface area (Å²) in [5.74, 6) is -41.9. The first-order valence-corrected chi connectivity index (χ1v) is 10.2. The van der Waals surface area contributed by atoms with Crippen molar-refractivity contribution in [1.82, 2.24) is 4.98 Å². The predicted octanol–water partition coefficient (Wildman–Crippen LogP) is 7.61. The Labute approximate surface area is 197 Å². The summed E-state index contributed by atoms with van der Waals surface area (Å²) in [6.45, 7) is 3.73. The molecule has 0 aliphatic rings. The zero-order valence-corrected chi connectivity index (χ0v) is 18.5. The fraction of sp³-hybridized carbons (Fsp3) is 0.474. The monoisotopic (exact) mass is 564 g/mol. The van der Waals surface area contributed by atoms with Crippen LogP contribution in [0.15, 0.2) is 29.6 Å². The molecule has 0 aliphatic carbocycles. The number of benzene rings is 1.